The molecule has 0 aromatic heterocycles. The van der Waals surface area contributed by atoms with Crippen LogP contribution in [0.5, 0.6) is 5.75 Å². The van der Waals surface area contributed by atoms with Crippen LogP contribution in [0.4, 0.5) is 11.4 Å². The van der Waals surface area contributed by atoms with E-state index in [0.717, 1.165) is 17.4 Å². The largest absolute Gasteiger partial charge is 0.476 e. The fraction of sp³-hybridized carbons (Fsp3) is 0.381. The first-order valence-corrected chi connectivity index (χ1v) is 11.4. The Kier molecular flexibility index (Phi) is 5.58. The maximum atomic E-state index is 12.8. The molecule has 1 N–H and O–H groups in total. The van der Waals surface area contributed by atoms with Crippen LogP contribution in [0.2, 0.25) is 5.02 Å². The minimum Gasteiger partial charge on any atom is -0.476 e. The summed E-state index contributed by atoms with van der Waals surface area (Å²) < 4.78 is 32.0. The van der Waals surface area contributed by atoms with Crippen LogP contribution in [-0.4, -0.2) is 33.2 Å². The van der Waals surface area contributed by atoms with Crippen molar-refractivity contribution >= 4 is 38.9 Å². The third kappa shape index (κ3) is 4.67. The van der Waals surface area contributed by atoms with Gasteiger partial charge < -0.3 is 10.1 Å². The Morgan fingerprint density at radius 3 is 2.48 bits per heavy atom. The topological polar surface area (TPSA) is 75.7 Å². The molecule has 0 bridgehead atoms. The maximum absolute atomic E-state index is 12.8. The monoisotopic (exact) mass is 436 g/mol. The van der Waals surface area contributed by atoms with Gasteiger partial charge in [-0.2, -0.15) is 0 Å². The second-order valence-electron chi connectivity index (χ2n) is 8.29. The Hall–Kier alpha value is -2.25. The first-order valence-electron chi connectivity index (χ1n) is 9.22. The summed E-state index contributed by atoms with van der Waals surface area (Å²) in [6.07, 6.45) is 0.137. The third-order valence-corrected chi connectivity index (χ3v) is 6.38. The van der Waals surface area contributed by atoms with Crippen molar-refractivity contribution in [2.24, 2.45) is 0 Å². The molecule has 3 rings (SSSR count). The van der Waals surface area contributed by atoms with Crippen LogP contribution in [-0.2, 0) is 20.2 Å². The lowest BCUT2D eigenvalue weighted by Crippen LogP contribution is -2.48. The minimum absolute atomic E-state index is 0.106. The lowest BCUT2D eigenvalue weighted by molar-refractivity contribution is -0.122. The van der Waals surface area contributed by atoms with E-state index in [2.05, 4.69) is 5.32 Å². The van der Waals surface area contributed by atoms with E-state index >= 15 is 0 Å². The fourth-order valence-electron chi connectivity index (χ4n) is 3.06. The predicted molar refractivity (Wildman–Crippen MR) is 117 cm³/mol. The summed E-state index contributed by atoms with van der Waals surface area (Å²) in [4.78, 5) is 12.8. The van der Waals surface area contributed by atoms with Crippen molar-refractivity contribution in [3.05, 3.63) is 52.5 Å². The molecule has 1 amide bonds. The number of hydrogen-bond acceptors (Lipinski definition) is 4. The van der Waals surface area contributed by atoms with Gasteiger partial charge in [0.25, 0.3) is 5.91 Å². The van der Waals surface area contributed by atoms with Gasteiger partial charge in [-0.05, 0) is 47.7 Å². The predicted octanol–water partition coefficient (Wildman–Crippen LogP) is 4.11. The molecule has 0 saturated carbocycles. The van der Waals surface area contributed by atoms with E-state index in [9.17, 15) is 13.2 Å². The third-order valence-electron chi connectivity index (χ3n) is 4.83. The number of amides is 1. The zero-order valence-electron chi connectivity index (χ0n) is 17.1. The van der Waals surface area contributed by atoms with E-state index in [1.165, 1.54) is 4.31 Å². The number of halogens is 1. The van der Waals surface area contributed by atoms with E-state index in [-0.39, 0.29) is 12.0 Å². The van der Waals surface area contributed by atoms with E-state index in [1.54, 1.807) is 24.3 Å². The lowest BCUT2D eigenvalue weighted by atomic mass is 9.86. The normalized spacial score (nSPS) is 16.8. The van der Waals surface area contributed by atoms with Gasteiger partial charge in [0.15, 0.2) is 6.10 Å². The SMILES string of the molecule is Cc1ccc(NC(=O)[C@@H]2CN(S(C)(=O)=O)c3cc(C(C)(C)C)ccc3O2)cc1Cl. The van der Waals surface area contributed by atoms with Crippen LogP contribution < -0.4 is 14.4 Å². The van der Waals surface area contributed by atoms with Crippen molar-refractivity contribution in [3.63, 3.8) is 0 Å². The van der Waals surface area contributed by atoms with E-state index in [4.69, 9.17) is 16.3 Å². The summed E-state index contributed by atoms with van der Waals surface area (Å²) in [5.74, 6) is -0.0825. The number of ether oxygens (including phenoxy) is 1. The highest BCUT2D eigenvalue weighted by atomic mass is 35.5. The van der Waals surface area contributed by atoms with Gasteiger partial charge in [-0.15, -0.1) is 0 Å². The van der Waals surface area contributed by atoms with Gasteiger partial charge in [0.05, 0.1) is 18.5 Å². The number of rotatable bonds is 3. The highest BCUT2D eigenvalue weighted by Gasteiger charge is 2.36. The number of anilines is 2. The smallest absolute Gasteiger partial charge is 0.267 e. The van der Waals surface area contributed by atoms with Crippen LogP contribution in [0, 0.1) is 6.92 Å². The standard InChI is InChI=1S/C21H25ClN2O4S/c1-13-6-8-15(11-16(13)22)23-20(25)19-12-24(29(5,26)27)17-10-14(21(2,3)4)7-9-18(17)28-19/h6-11,19H,12H2,1-5H3,(H,23,25)/t19-/m0/s1. The first-order chi connectivity index (χ1) is 13.4. The van der Waals surface area contributed by atoms with Crippen LogP contribution >= 0.6 is 11.6 Å². The minimum atomic E-state index is -3.60. The van der Waals surface area contributed by atoms with Crippen molar-refractivity contribution in [3.8, 4) is 5.75 Å². The summed E-state index contributed by atoms with van der Waals surface area (Å²) in [6.45, 7) is 7.90. The van der Waals surface area contributed by atoms with Crippen molar-refractivity contribution < 1.29 is 17.9 Å². The van der Waals surface area contributed by atoms with Gasteiger partial charge in [0.2, 0.25) is 10.0 Å². The van der Waals surface area contributed by atoms with Crippen LogP contribution in [0.25, 0.3) is 0 Å². The molecule has 2 aromatic rings. The van der Waals surface area contributed by atoms with Crippen molar-refractivity contribution in [1.82, 2.24) is 0 Å². The average molecular weight is 437 g/mol. The summed E-state index contributed by atoms with van der Waals surface area (Å²) in [7, 11) is -3.60. The second kappa shape index (κ2) is 7.54. The van der Waals surface area contributed by atoms with Gasteiger partial charge in [0.1, 0.15) is 5.75 Å². The molecule has 1 aliphatic heterocycles. The number of hydrogen-bond donors (Lipinski definition) is 1. The number of nitrogens with zero attached hydrogens (tertiary/aromatic N) is 1. The molecule has 0 saturated heterocycles. The van der Waals surface area contributed by atoms with Crippen LogP contribution in [0.1, 0.15) is 31.9 Å². The molecule has 0 fully saturated rings. The van der Waals surface area contributed by atoms with E-state index in [0.29, 0.717) is 22.1 Å². The number of fused-ring (bicyclic) bond motifs is 1. The first kappa shape index (κ1) is 21.5. The molecule has 8 heteroatoms. The summed E-state index contributed by atoms with van der Waals surface area (Å²) >= 11 is 6.11. The summed E-state index contributed by atoms with van der Waals surface area (Å²) in [5.41, 5.74) is 2.68. The fourth-order valence-corrected chi connectivity index (χ4v) is 4.15. The molecule has 0 unspecified atom stereocenters. The number of aryl methyl sites for hydroxylation is 1. The molecule has 0 radical (unpaired) electrons. The number of sulfonamides is 1. The lowest BCUT2D eigenvalue weighted by Gasteiger charge is -2.35. The second-order valence-corrected chi connectivity index (χ2v) is 10.6. The average Bonchev–Trinajstić information content (AvgIpc) is 2.61. The quantitative estimate of drug-likeness (QED) is 0.785. The van der Waals surface area contributed by atoms with Gasteiger partial charge in [-0.1, -0.05) is 44.5 Å². The van der Waals surface area contributed by atoms with Crippen molar-refractivity contribution in [1.29, 1.82) is 0 Å². The molecule has 29 heavy (non-hydrogen) atoms. The van der Waals surface area contributed by atoms with Gasteiger partial charge in [-0.25, -0.2) is 8.42 Å². The number of benzene rings is 2. The summed E-state index contributed by atoms with van der Waals surface area (Å²) in [5, 5.41) is 3.28. The van der Waals surface area contributed by atoms with Crippen molar-refractivity contribution in [2.45, 2.75) is 39.2 Å². The molecular weight excluding hydrogens is 412 g/mol. The molecule has 6 nitrogen and oxygen atoms in total. The van der Waals surface area contributed by atoms with Crippen LogP contribution in [0.15, 0.2) is 36.4 Å². The molecular formula is C21H25ClN2O4S. The Bertz CT molecular complexity index is 1060. The zero-order valence-corrected chi connectivity index (χ0v) is 18.7. The van der Waals surface area contributed by atoms with E-state index in [1.807, 2.05) is 39.8 Å². The Balaban J connectivity index is 1.92. The molecule has 1 heterocycles. The number of carbonyl (C=O) groups is 1. The summed E-state index contributed by atoms with van der Waals surface area (Å²) in [6, 6.07) is 10.6. The molecule has 2 aromatic carbocycles. The maximum Gasteiger partial charge on any atom is 0.267 e. The highest BCUT2D eigenvalue weighted by Crippen LogP contribution is 2.38. The van der Waals surface area contributed by atoms with E-state index < -0.39 is 22.0 Å². The van der Waals surface area contributed by atoms with Gasteiger partial charge >= 0.3 is 0 Å². The molecule has 156 valence electrons. The Morgan fingerprint density at radius 1 is 1.21 bits per heavy atom. The molecule has 0 aliphatic carbocycles. The zero-order chi connectivity index (χ0) is 21.6. The van der Waals surface area contributed by atoms with Gasteiger partial charge in [-0.3, -0.25) is 9.10 Å². The molecule has 1 atom stereocenters. The molecule has 1 aliphatic rings. The molecule has 0 spiro atoms. The van der Waals surface area contributed by atoms with Crippen LogP contribution in [0.3, 0.4) is 0 Å². The number of carbonyl (C=O) groups excluding carboxylic acids is 1. The van der Waals surface area contributed by atoms with Crippen molar-refractivity contribution in [2.75, 3.05) is 22.4 Å². The Morgan fingerprint density at radius 2 is 1.90 bits per heavy atom. The number of nitrogens with one attached hydrogen (secondary N) is 1. The highest BCUT2D eigenvalue weighted by molar-refractivity contribution is 7.92. The van der Waals surface area contributed by atoms with Gasteiger partial charge in [0, 0.05) is 10.7 Å². The Labute approximate surface area is 176 Å².